The Labute approximate surface area is 119 Å². The van der Waals surface area contributed by atoms with E-state index in [4.69, 9.17) is 0 Å². The second-order valence-corrected chi connectivity index (χ2v) is 4.26. The number of hydrogen-bond acceptors (Lipinski definition) is 0. The third kappa shape index (κ3) is 17.4. The Bertz CT molecular complexity index is 110. The van der Waals surface area contributed by atoms with Crippen molar-refractivity contribution in [2.45, 2.75) is 77.6 Å². The van der Waals surface area contributed by atoms with Gasteiger partial charge in [0, 0.05) is 0 Å². The van der Waals surface area contributed by atoms with Crippen LogP contribution in [-0.4, -0.2) is 29.6 Å². The third-order valence-corrected chi connectivity index (χ3v) is 2.76. The van der Waals surface area contributed by atoms with E-state index in [0.29, 0.717) is 0 Å². The molecule has 0 N–H and O–H groups in total. The van der Waals surface area contributed by atoms with Gasteiger partial charge in [0.2, 0.25) is 0 Å². The van der Waals surface area contributed by atoms with Gasteiger partial charge in [-0.25, -0.2) is 0 Å². The van der Waals surface area contributed by atoms with E-state index in [-0.39, 0.29) is 29.6 Å². The summed E-state index contributed by atoms with van der Waals surface area (Å²) in [6, 6.07) is 0. The standard InChI is InChI=1S/C14H28.Na.H/c1-3-5-7-9-11-13-14-12-10-8-6-4-2;;/h3H,1,4-14H2,2H3;;. The van der Waals surface area contributed by atoms with Crippen LogP contribution in [0.5, 0.6) is 0 Å². The van der Waals surface area contributed by atoms with E-state index in [2.05, 4.69) is 13.5 Å². The number of unbranched alkanes of at least 4 members (excludes halogenated alkanes) is 10. The van der Waals surface area contributed by atoms with Gasteiger partial charge in [-0.1, -0.05) is 70.8 Å². The Morgan fingerprint density at radius 1 is 0.733 bits per heavy atom. The van der Waals surface area contributed by atoms with Crippen molar-refractivity contribution >= 4 is 29.6 Å². The van der Waals surface area contributed by atoms with Crippen LogP contribution in [0.4, 0.5) is 0 Å². The van der Waals surface area contributed by atoms with Crippen molar-refractivity contribution in [3.05, 3.63) is 12.7 Å². The third-order valence-electron chi connectivity index (χ3n) is 2.76. The van der Waals surface area contributed by atoms with Gasteiger partial charge in [0.25, 0.3) is 0 Å². The molecule has 0 nitrogen and oxygen atoms in total. The summed E-state index contributed by atoms with van der Waals surface area (Å²) in [6.45, 7) is 6.01. The van der Waals surface area contributed by atoms with Crippen molar-refractivity contribution in [3.63, 3.8) is 0 Å². The van der Waals surface area contributed by atoms with Gasteiger partial charge < -0.3 is 0 Å². The molecule has 0 fully saturated rings. The molecule has 1 heteroatoms. The molecule has 0 amide bonds. The topological polar surface area (TPSA) is 0 Å². The molecule has 0 radical (unpaired) electrons. The van der Waals surface area contributed by atoms with E-state index < -0.39 is 0 Å². The minimum absolute atomic E-state index is 0. The van der Waals surface area contributed by atoms with Crippen LogP contribution in [0.15, 0.2) is 12.7 Å². The van der Waals surface area contributed by atoms with Crippen LogP contribution in [-0.2, 0) is 0 Å². The molecule has 0 aromatic rings. The summed E-state index contributed by atoms with van der Waals surface area (Å²) in [5, 5.41) is 0. The average Bonchev–Trinajstić information content (AvgIpc) is 2.21. The SMILES string of the molecule is C=CCCCCCCCCCCCC.[NaH]. The zero-order valence-corrected chi connectivity index (χ0v) is 10.1. The molecule has 0 saturated carbocycles. The summed E-state index contributed by atoms with van der Waals surface area (Å²) in [6.07, 6.45) is 17.5. The van der Waals surface area contributed by atoms with E-state index in [1.807, 2.05) is 6.08 Å². The van der Waals surface area contributed by atoms with Crippen LogP contribution in [0.2, 0.25) is 0 Å². The van der Waals surface area contributed by atoms with Gasteiger partial charge in [0.05, 0.1) is 0 Å². The normalized spacial score (nSPS) is 9.67. The second kappa shape index (κ2) is 17.1. The quantitative estimate of drug-likeness (QED) is 0.266. The molecule has 0 atom stereocenters. The fraction of sp³-hybridized carbons (Fsp3) is 0.857. The van der Waals surface area contributed by atoms with Crippen LogP contribution >= 0.6 is 0 Å². The summed E-state index contributed by atoms with van der Waals surface area (Å²) in [5.74, 6) is 0. The molecular formula is C14H29Na. The molecule has 0 spiro atoms. The first-order valence-corrected chi connectivity index (χ1v) is 6.52. The molecule has 0 heterocycles. The molecule has 0 aromatic heterocycles. The number of rotatable bonds is 11. The summed E-state index contributed by atoms with van der Waals surface area (Å²) in [4.78, 5) is 0. The van der Waals surface area contributed by atoms with E-state index in [1.165, 1.54) is 70.6 Å². The van der Waals surface area contributed by atoms with Gasteiger partial charge in [-0.3, -0.25) is 0 Å². The molecule has 0 aromatic carbocycles. The molecular weight excluding hydrogens is 191 g/mol. The maximum atomic E-state index is 3.74. The van der Waals surface area contributed by atoms with Crippen LogP contribution in [0.25, 0.3) is 0 Å². The Morgan fingerprint density at radius 3 is 1.53 bits per heavy atom. The van der Waals surface area contributed by atoms with E-state index in [1.54, 1.807) is 0 Å². The monoisotopic (exact) mass is 220 g/mol. The zero-order valence-electron chi connectivity index (χ0n) is 10.1. The molecule has 0 aliphatic carbocycles. The van der Waals surface area contributed by atoms with Crippen LogP contribution in [0.1, 0.15) is 77.6 Å². The number of allylic oxidation sites excluding steroid dienone is 1. The Hall–Kier alpha value is 0.740. The fourth-order valence-electron chi connectivity index (χ4n) is 1.78. The summed E-state index contributed by atoms with van der Waals surface area (Å²) < 4.78 is 0. The van der Waals surface area contributed by atoms with Crippen molar-refractivity contribution in [1.82, 2.24) is 0 Å². The molecule has 0 aliphatic rings. The molecule has 0 saturated heterocycles. The van der Waals surface area contributed by atoms with Crippen molar-refractivity contribution in [1.29, 1.82) is 0 Å². The van der Waals surface area contributed by atoms with Gasteiger partial charge in [-0.2, -0.15) is 0 Å². The van der Waals surface area contributed by atoms with Gasteiger partial charge in [-0.05, 0) is 12.8 Å². The van der Waals surface area contributed by atoms with Crippen LogP contribution < -0.4 is 0 Å². The Morgan fingerprint density at radius 2 is 1.13 bits per heavy atom. The zero-order chi connectivity index (χ0) is 10.5. The Balaban J connectivity index is 0. The molecule has 15 heavy (non-hydrogen) atoms. The molecule has 0 aliphatic heterocycles. The summed E-state index contributed by atoms with van der Waals surface area (Å²) >= 11 is 0. The van der Waals surface area contributed by atoms with Crippen LogP contribution in [0, 0.1) is 0 Å². The van der Waals surface area contributed by atoms with Gasteiger partial charge >= 0.3 is 29.6 Å². The van der Waals surface area contributed by atoms with Gasteiger partial charge in [-0.15, -0.1) is 6.58 Å². The summed E-state index contributed by atoms with van der Waals surface area (Å²) in [7, 11) is 0. The first-order valence-electron chi connectivity index (χ1n) is 6.52. The molecule has 86 valence electrons. The molecule has 0 rings (SSSR count). The van der Waals surface area contributed by atoms with Crippen molar-refractivity contribution in [2.24, 2.45) is 0 Å². The van der Waals surface area contributed by atoms with Gasteiger partial charge in [0.15, 0.2) is 0 Å². The van der Waals surface area contributed by atoms with Crippen LogP contribution in [0.3, 0.4) is 0 Å². The van der Waals surface area contributed by atoms with Crippen molar-refractivity contribution in [2.75, 3.05) is 0 Å². The minimum atomic E-state index is 0. The average molecular weight is 220 g/mol. The van der Waals surface area contributed by atoms with E-state index in [9.17, 15) is 0 Å². The first kappa shape index (κ1) is 18.1. The predicted octanol–water partition coefficient (Wildman–Crippen LogP) is 4.83. The molecule has 0 unspecified atom stereocenters. The first-order chi connectivity index (χ1) is 6.91. The van der Waals surface area contributed by atoms with Crippen molar-refractivity contribution in [3.8, 4) is 0 Å². The summed E-state index contributed by atoms with van der Waals surface area (Å²) in [5.41, 5.74) is 0. The molecule has 0 bridgehead atoms. The van der Waals surface area contributed by atoms with E-state index in [0.717, 1.165) is 0 Å². The predicted molar refractivity (Wildman–Crippen MR) is 73.8 cm³/mol. The number of hydrogen-bond donors (Lipinski definition) is 0. The van der Waals surface area contributed by atoms with Crippen molar-refractivity contribution < 1.29 is 0 Å². The van der Waals surface area contributed by atoms with Gasteiger partial charge in [0.1, 0.15) is 0 Å². The van der Waals surface area contributed by atoms with E-state index >= 15 is 0 Å². The second-order valence-electron chi connectivity index (χ2n) is 4.26. The maximum absolute atomic E-state index is 3.74. The Kier molecular flexibility index (Phi) is 20.7. The fourth-order valence-corrected chi connectivity index (χ4v) is 1.78.